The average Bonchev–Trinajstić information content (AvgIpc) is 2.72. The summed E-state index contributed by atoms with van der Waals surface area (Å²) in [5.41, 5.74) is 0.912. The molecule has 0 spiro atoms. The number of aromatic nitrogens is 2. The van der Waals surface area contributed by atoms with E-state index in [0.29, 0.717) is 23.0 Å². The van der Waals surface area contributed by atoms with Gasteiger partial charge in [-0.15, -0.1) is 13.2 Å². The second kappa shape index (κ2) is 10.4. The molecular formula is C20H26F3N5O2. The topological polar surface area (TPSA) is 91.3 Å². The molecule has 1 saturated heterocycles. The summed E-state index contributed by atoms with van der Waals surface area (Å²) in [4.78, 5) is 8.75. The van der Waals surface area contributed by atoms with Gasteiger partial charge in [-0.05, 0) is 50.4 Å². The minimum absolute atomic E-state index is 0.0963. The molecule has 1 aromatic heterocycles. The van der Waals surface area contributed by atoms with Crippen molar-refractivity contribution >= 4 is 11.8 Å². The summed E-state index contributed by atoms with van der Waals surface area (Å²) in [6.07, 6.45) is -1.47. The highest BCUT2D eigenvalue weighted by molar-refractivity contribution is 5.65. The highest BCUT2D eigenvalue weighted by Crippen LogP contribution is 2.28. The molecule has 3 rings (SSSR count). The van der Waals surface area contributed by atoms with Crippen molar-refractivity contribution in [3.8, 4) is 17.0 Å². The van der Waals surface area contributed by atoms with Crippen LogP contribution in [0.3, 0.4) is 0 Å². The first-order valence-corrected chi connectivity index (χ1v) is 9.97. The van der Waals surface area contributed by atoms with Crippen molar-refractivity contribution in [2.75, 3.05) is 43.4 Å². The number of benzene rings is 1. The van der Waals surface area contributed by atoms with Gasteiger partial charge in [-0.3, -0.25) is 0 Å². The molecule has 30 heavy (non-hydrogen) atoms. The molecule has 1 aromatic carbocycles. The third kappa shape index (κ3) is 7.03. The van der Waals surface area contributed by atoms with E-state index in [0.717, 1.165) is 38.9 Å². The van der Waals surface area contributed by atoms with Crippen molar-refractivity contribution in [1.29, 1.82) is 0 Å². The SMILES string of the molecule is OCCNc1nc(NCCC2CCNCC2)cc(-c2cccc(OC(F)(F)F)c2)n1. The van der Waals surface area contributed by atoms with Crippen molar-refractivity contribution in [2.24, 2.45) is 5.92 Å². The van der Waals surface area contributed by atoms with Gasteiger partial charge in [0.05, 0.1) is 12.3 Å². The van der Waals surface area contributed by atoms with Crippen LogP contribution in [0.5, 0.6) is 5.75 Å². The number of nitrogens with one attached hydrogen (secondary N) is 3. The first kappa shape index (κ1) is 22.1. The van der Waals surface area contributed by atoms with Crippen LogP contribution in [0.1, 0.15) is 19.3 Å². The zero-order valence-electron chi connectivity index (χ0n) is 16.5. The number of alkyl halides is 3. The number of halogens is 3. The number of nitrogens with zero attached hydrogens (tertiary/aromatic N) is 2. The fourth-order valence-corrected chi connectivity index (χ4v) is 3.36. The molecule has 1 aliphatic heterocycles. The Morgan fingerprint density at radius 3 is 2.63 bits per heavy atom. The molecule has 2 aromatic rings. The average molecular weight is 425 g/mol. The van der Waals surface area contributed by atoms with Gasteiger partial charge in [-0.2, -0.15) is 4.98 Å². The molecule has 0 bridgehead atoms. The molecule has 2 heterocycles. The standard InChI is InChI=1S/C20H26F3N5O2/c21-20(22,23)30-16-3-1-2-15(12-16)17-13-18(28-19(27-17)26-10-11-29)25-9-6-14-4-7-24-8-5-14/h1-3,12-14,24,29H,4-11H2,(H2,25,26,27,28). The van der Waals surface area contributed by atoms with Gasteiger partial charge in [0.15, 0.2) is 0 Å². The van der Waals surface area contributed by atoms with E-state index in [1.54, 1.807) is 12.1 Å². The predicted octanol–water partition coefficient (Wildman–Crippen LogP) is 3.25. The van der Waals surface area contributed by atoms with E-state index in [-0.39, 0.29) is 24.8 Å². The van der Waals surface area contributed by atoms with Crippen LogP contribution in [0.4, 0.5) is 24.9 Å². The molecule has 0 radical (unpaired) electrons. The molecule has 0 atom stereocenters. The van der Waals surface area contributed by atoms with E-state index < -0.39 is 6.36 Å². The lowest BCUT2D eigenvalue weighted by molar-refractivity contribution is -0.274. The van der Waals surface area contributed by atoms with Crippen LogP contribution in [-0.2, 0) is 0 Å². The molecule has 7 nitrogen and oxygen atoms in total. The predicted molar refractivity (Wildman–Crippen MR) is 108 cm³/mol. The van der Waals surface area contributed by atoms with Gasteiger partial charge >= 0.3 is 6.36 Å². The second-order valence-corrected chi connectivity index (χ2v) is 7.10. The van der Waals surface area contributed by atoms with Crippen molar-refractivity contribution in [1.82, 2.24) is 15.3 Å². The molecule has 1 fully saturated rings. The summed E-state index contributed by atoms with van der Waals surface area (Å²) in [5, 5.41) is 18.6. The minimum Gasteiger partial charge on any atom is -0.406 e. The Balaban J connectivity index is 1.75. The van der Waals surface area contributed by atoms with E-state index in [9.17, 15) is 13.2 Å². The van der Waals surface area contributed by atoms with E-state index >= 15 is 0 Å². The van der Waals surface area contributed by atoms with Gasteiger partial charge in [-0.25, -0.2) is 4.98 Å². The number of hydrogen-bond donors (Lipinski definition) is 4. The highest BCUT2D eigenvalue weighted by Gasteiger charge is 2.31. The maximum Gasteiger partial charge on any atom is 0.573 e. The first-order chi connectivity index (χ1) is 14.4. The molecular weight excluding hydrogens is 399 g/mol. The summed E-state index contributed by atoms with van der Waals surface area (Å²) in [6.45, 7) is 2.97. The van der Waals surface area contributed by atoms with E-state index in [1.807, 2.05) is 0 Å². The van der Waals surface area contributed by atoms with Gasteiger partial charge in [0.2, 0.25) is 5.95 Å². The van der Waals surface area contributed by atoms with Crippen molar-refractivity contribution in [2.45, 2.75) is 25.6 Å². The Morgan fingerprint density at radius 2 is 1.90 bits per heavy atom. The number of piperidine rings is 1. The Labute approximate surface area is 173 Å². The van der Waals surface area contributed by atoms with Crippen LogP contribution in [0.25, 0.3) is 11.3 Å². The van der Waals surface area contributed by atoms with Crippen LogP contribution in [0.2, 0.25) is 0 Å². The van der Waals surface area contributed by atoms with Crippen molar-refractivity contribution in [3.63, 3.8) is 0 Å². The van der Waals surface area contributed by atoms with Gasteiger partial charge in [0.1, 0.15) is 11.6 Å². The van der Waals surface area contributed by atoms with E-state index in [2.05, 4.69) is 30.7 Å². The summed E-state index contributed by atoms with van der Waals surface area (Å²) in [7, 11) is 0. The Hall–Kier alpha value is -2.59. The molecule has 0 aliphatic carbocycles. The number of hydrogen-bond acceptors (Lipinski definition) is 7. The fraction of sp³-hybridized carbons (Fsp3) is 0.500. The van der Waals surface area contributed by atoms with Gasteiger partial charge in [0.25, 0.3) is 0 Å². The summed E-state index contributed by atoms with van der Waals surface area (Å²) in [5.74, 6) is 1.19. The van der Waals surface area contributed by atoms with Crippen LogP contribution in [0.15, 0.2) is 30.3 Å². The number of aliphatic hydroxyl groups excluding tert-OH is 1. The fourth-order valence-electron chi connectivity index (χ4n) is 3.36. The lowest BCUT2D eigenvalue weighted by atomic mass is 9.95. The molecule has 1 aliphatic rings. The second-order valence-electron chi connectivity index (χ2n) is 7.10. The Morgan fingerprint density at radius 1 is 1.10 bits per heavy atom. The zero-order chi connectivity index (χ0) is 21.4. The van der Waals surface area contributed by atoms with Crippen LogP contribution in [-0.4, -0.2) is 54.2 Å². The summed E-state index contributed by atoms with van der Waals surface area (Å²) >= 11 is 0. The van der Waals surface area contributed by atoms with Gasteiger partial charge in [0, 0.05) is 24.7 Å². The van der Waals surface area contributed by atoms with Crippen molar-refractivity contribution < 1.29 is 23.0 Å². The lowest BCUT2D eigenvalue weighted by Gasteiger charge is -2.22. The largest absolute Gasteiger partial charge is 0.573 e. The monoisotopic (exact) mass is 425 g/mol. The van der Waals surface area contributed by atoms with Gasteiger partial charge in [-0.1, -0.05) is 12.1 Å². The Kier molecular flexibility index (Phi) is 7.69. The normalized spacial score (nSPS) is 15.1. The first-order valence-electron chi connectivity index (χ1n) is 9.97. The lowest BCUT2D eigenvalue weighted by Crippen LogP contribution is -2.28. The maximum atomic E-state index is 12.5. The third-order valence-corrected chi connectivity index (χ3v) is 4.80. The smallest absolute Gasteiger partial charge is 0.406 e. The Bertz CT molecular complexity index is 813. The molecule has 0 amide bonds. The number of ether oxygens (including phenoxy) is 1. The molecule has 0 unspecified atom stereocenters. The molecule has 4 N–H and O–H groups in total. The highest BCUT2D eigenvalue weighted by atomic mass is 19.4. The zero-order valence-corrected chi connectivity index (χ0v) is 16.5. The van der Waals surface area contributed by atoms with Gasteiger partial charge < -0.3 is 25.8 Å². The minimum atomic E-state index is -4.76. The summed E-state index contributed by atoms with van der Waals surface area (Å²) < 4.78 is 41.6. The quantitative estimate of drug-likeness (QED) is 0.490. The molecule has 164 valence electrons. The van der Waals surface area contributed by atoms with Crippen molar-refractivity contribution in [3.05, 3.63) is 30.3 Å². The van der Waals surface area contributed by atoms with E-state index in [4.69, 9.17) is 5.11 Å². The summed E-state index contributed by atoms with van der Waals surface area (Å²) in [6, 6.07) is 7.34. The number of aliphatic hydroxyl groups is 1. The number of rotatable bonds is 9. The molecule has 0 saturated carbocycles. The van der Waals surface area contributed by atoms with E-state index in [1.165, 1.54) is 18.2 Å². The third-order valence-electron chi connectivity index (χ3n) is 4.80. The van der Waals surface area contributed by atoms with Crippen LogP contribution >= 0.6 is 0 Å². The van der Waals surface area contributed by atoms with Crippen LogP contribution in [0, 0.1) is 5.92 Å². The van der Waals surface area contributed by atoms with Crippen LogP contribution < -0.4 is 20.7 Å². The number of anilines is 2. The molecule has 10 heteroatoms. The maximum absolute atomic E-state index is 12.5.